The van der Waals surface area contributed by atoms with Crippen molar-refractivity contribution < 1.29 is 9.45 Å². The van der Waals surface area contributed by atoms with E-state index in [9.17, 15) is 4.79 Å². The van der Waals surface area contributed by atoms with Crippen LogP contribution in [0.25, 0.3) is 0 Å². The van der Waals surface area contributed by atoms with Gasteiger partial charge in [0, 0.05) is 0 Å². The summed E-state index contributed by atoms with van der Waals surface area (Å²) in [5, 5.41) is 3.07. The van der Waals surface area contributed by atoms with Gasteiger partial charge in [-0.3, -0.25) is 4.79 Å². The van der Waals surface area contributed by atoms with Crippen molar-refractivity contribution in [3.8, 4) is 0 Å². The van der Waals surface area contributed by atoms with Crippen molar-refractivity contribution in [1.29, 1.82) is 0 Å². The molecule has 2 fully saturated rings. The van der Waals surface area contributed by atoms with Gasteiger partial charge in [0.05, 0.1) is 0 Å². The molecule has 0 saturated carbocycles. The number of rotatable bonds is 6. The smallest absolute Gasteiger partial charge is 0.367 e. The molecule has 2 rings (SSSR count). The van der Waals surface area contributed by atoms with Gasteiger partial charge in [-0.15, -0.1) is 12.4 Å². The van der Waals surface area contributed by atoms with Crippen LogP contribution in [0.1, 0.15) is 51.4 Å². The van der Waals surface area contributed by atoms with Gasteiger partial charge in [-0.2, -0.15) is 0 Å². The Hall–Kier alpha value is -0.255. The molecule has 0 radical (unpaired) electrons. The highest BCUT2D eigenvalue weighted by molar-refractivity contribution is 6.57. The highest BCUT2D eigenvalue weighted by Crippen LogP contribution is 2.46. The molecule has 0 spiro atoms. The SMILES string of the molecule is CNCCC[C@H](N)C(=O)OB1C2CCCC1CCC2.Cl. The molecule has 4 nitrogen and oxygen atoms in total. The van der Waals surface area contributed by atoms with Gasteiger partial charge in [0.1, 0.15) is 6.04 Å². The third-order valence-corrected chi connectivity index (χ3v) is 4.73. The molecule has 2 bridgehead atoms. The number of halogens is 1. The van der Waals surface area contributed by atoms with Crippen LogP contribution >= 0.6 is 12.4 Å². The monoisotopic (exact) mass is 302 g/mol. The first kappa shape index (κ1) is 17.8. The summed E-state index contributed by atoms with van der Waals surface area (Å²) in [5.74, 6) is 1.02. The quantitative estimate of drug-likeness (QED) is 0.584. The summed E-state index contributed by atoms with van der Waals surface area (Å²) in [6, 6.07) is -0.448. The topological polar surface area (TPSA) is 64.3 Å². The first-order valence-electron chi connectivity index (χ1n) is 7.83. The van der Waals surface area contributed by atoms with Gasteiger partial charge in [0.2, 0.25) is 0 Å². The molecule has 0 aromatic carbocycles. The van der Waals surface area contributed by atoms with E-state index >= 15 is 0 Å². The normalized spacial score (nSPS) is 26.6. The summed E-state index contributed by atoms with van der Waals surface area (Å²) in [6.45, 7) is 1.06. The molecule has 3 N–H and O–H groups in total. The molecule has 2 heterocycles. The van der Waals surface area contributed by atoms with Gasteiger partial charge in [-0.1, -0.05) is 38.5 Å². The third kappa shape index (κ3) is 4.64. The molecule has 0 unspecified atom stereocenters. The standard InChI is InChI=1S/C14H27BN2O2.ClH/c1-17-10-4-9-13(16)14(18)19-15-11-5-2-6-12(15)8-3-7-11;/h11-13,17H,2-10,16H2,1H3;1H/t11?,12?,13-;/m0./s1. The summed E-state index contributed by atoms with van der Waals surface area (Å²) in [5.41, 5.74) is 5.92. The largest absolute Gasteiger partial charge is 0.535 e. The number of carbonyl (C=O) groups excluding carboxylic acids is 1. The van der Waals surface area contributed by atoms with E-state index < -0.39 is 6.04 Å². The van der Waals surface area contributed by atoms with Crippen LogP contribution in [-0.4, -0.2) is 32.5 Å². The zero-order chi connectivity index (χ0) is 13.7. The molecule has 0 aliphatic carbocycles. The maximum Gasteiger partial charge on any atom is 0.367 e. The van der Waals surface area contributed by atoms with Gasteiger partial charge < -0.3 is 15.7 Å². The second-order valence-electron chi connectivity index (χ2n) is 6.14. The van der Waals surface area contributed by atoms with Crippen molar-refractivity contribution in [1.82, 2.24) is 5.32 Å². The number of hydrogen-bond acceptors (Lipinski definition) is 4. The van der Waals surface area contributed by atoms with Crippen molar-refractivity contribution in [2.45, 2.75) is 69.0 Å². The molecule has 0 aromatic heterocycles. The average molecular weight is 303 g/mol. The van der Waals surface area contributed by atoms with E-state index in [1.807, 2.05) is 7.05 Å². The van der Waals surface area contributed by atoms with Crippen molar-refractivity contribution in [2.75, 3.05) is 13.6 Å². The number of carbonyl (C=O) groups is 1. The fourth-order valence-electron chi connectivity index (χ4n) is 3.65. The summed E-state index contributed by atoms with van der Waals surface area (Å²) in [6.07, 6.45) is 9.14. The molecule has 0 aromatic rings. The Balaban J connectivity index is 0.00000200. The molecular formula is C14H28BClN2O2. The van der Waals surface area contributed by atoms with E-state index in [1.165, 1.54) is 38.5 Å². The Morgan fingerprint density at radius 2 is 1.85 bits per heavy atom. The van der Waals surface area contributed by atoms with E-state index in [4.69, 9.17) is 10.4 Å². The summed E-state index contributed by atoms with van der Waals surface area (Å²) < 4.78 is 5.77. The molecule has 2 saturated heterocycles. The van der Waals surface area contributed by atoms with E-state index in [0.29, 0.717) is 18.1 Å². The zero-order valence-corrected chi connectivity index (χ0v) is 13.3. The number of nitrogens with one attached hydrogen (secondary N) is 1. The van der Waals surface area contributed by atoms with Gasteiger partial charge in [0.25, 0.3) is 0 Å². The second kappa shape index (κ2) is 8.91. The molecule has 2 aliphatic rings. The predicted octanol–water partition coefficient (Wildman–Crippen LogP) is 2.38. The molecule has 6 heteroatoms. The van der Waals surface area contributed by atoms with Gasteiger partial charge in [-0.05, 0) is 38.1 Å². The number of fused-ring (bicyclic) bond motifs is 2. The van der Waals surface area contributed by atoms with Crippen molar-refractivity contribution in [3.63, 3.8) is 0 Å². The number of hydrogen-bond donors (Lipinski definition) is 2. The van der Waals surface area contributed by atoms with Crippen LogP contribution in [0, 0.1) is 0 Å². The minimum absolute atomic E-state index is 0. The fourth-order valence-corrected chi connectivity index (χ4v) is 3.65. The molecule has 1 atom stereocenters. The Bertz CT molecular complexity index is 285. The minimum Gasteiger partial charge on any atom is -0.535 e. The Kier molecular flexibility index (Phi) is 7.92. The average Bonchev–Trinajstić information content (AvgIpc) is 2.38. The van der Waals surface area contributed by atoms with Gasteiger partial charge in [0.15, 0.2) is 0 Å². The van der Waals surface area contributed by atoms with Crippen LogP contribution in [0.3, 0.4) is 0 Å². The second-order valence-corrected chi connectivity index (χ2v) is 6.14. The highest BCUT2D eigenvalue weighted by Gasteiger charge is 2.43. The van der Waals surface area contributed by atoms with E-state index in [1.54, 1.807) is 0 Å². The Morgan fingerprint density at radius 1 is 1.30 bits per heavy atom. The third-order valence-electron chi connectivity index (χ3n) is 4.73. The number of nitrogens with two attached hydrogens (primary N) is 1. The highest BCUT2D eigenvalue weighted by atomic mass is 35.5. The van der Waals surface area contributed by atoms with E-state index in [-0.39, 0.29) is 25.3 Å². The lowest BCUT2D eigenvalue weighted by Gasteiger charge is -2.39. The van der Waals surface area contributed by atoms with Crippen LogP contribution in [0.4, 0.5) is 0 Å². The summed E-state index contributed by atoms with van der Waals surface area (Å²) in [7, 11) is 1.91. The van der Waals surface area contributed by atoms with Gasteiger partial charge in [-0.25, -0.2) is 0 Å². The summed E-state index contributed by atoms with van der Waals surface area (Å²) in [4.78, 5) is 12.1. The minimum atomic E-state index is -0.448. The molecular weight excluding hydrogens is 274 g/mol. The van der Waals surface area contributed by atoms with Crippen LogP contribution in [-0.2, 0) is 9.45 Å². The molecule has 0 amide bonds. The molecule has 2 aliphatic heterocycles. The lowest BCUT2D eigenvalue weighted by Crippen LogP contribution is -2.43. The van der Waals surface area contributed by atoms with Gasteiger partial charge >= 0.3 is 12.9 Å². The molecule has 116 valence electrons. The molecule has 20 heavy (non-hydrogen) atoms. The maximum atomic E-state index is 12.1. The first-order valence-corrected chi connectivity index (χ1v) is 7.83. The fraction of sp³-hybridized carbons (Fsp3) is 0.929. The van der Waals surface area contributed by atoms with Crippen molar-refractivity contribution in [3.05, 3.63) is 0 Å². The Labute approximate surface area is 129 Å². The Morgan fingerprint density at radius 3 is 2.35 bits per heavy atom. The van der Waals surface area contributed by atoms with E-state index in [2.05, 4.69) is 5.32 Å². The predicted molar refractivity (Wildman–Crippen MR) is 85.4 cm³/mol. The van der Waals surface area contributed by atoms with Crippen LogP contribution in [0.15, 0.2) is 0 Å². The van der Waals surface area contributed by atoms with Crippen LogP contribution in [0.2, 0.25) is 11.6 Å². The maximum absolute atomic E-state index is 12.1. The van der Waals surface area contributed by atoms with Crippen molar-refractivity contribution in [2.24, 2.45) is 5.73 Å². The van der Waals surface area contributed by atoms with Crippen molar-refractivity contribution >= 4 is 25.3 Å². The zero-order valence-electron chi connectivity index (χ0n) is 12.5. The summed E-state index contributed by atoms with van der Waals surface area (Å²) >= 11 is 0. The van der Waals surface area contributed by atoms with Crippen LogP contribution < -0.4 is 11.1 Å². The first-order chi connectivity index (χ1) is 9.22. The lowest BCUT2D eigenvalue weighted by molar-refractivity contribution is -0.136. The lowest BCUT2D eigenvalue weighted by atomic mass is 9.38. The van der Waals surface area contributed by atoms with E-state index in [0.717, 1.165) is 13.0 Å². The van der Waals surface area contributed by atoms with Crippen LogP contribution in [0.5, 0.6) is 0 Å².